The Kier molecular flexibility index (Phi) is 5.52. The van der Waals surface area contributed by atoms with Crippen molar-refractivity contribution >= 4 is 17.8 Å². The molecule has 0 radical (unpaired) electrons. The van der Waals surface area contributed by atoms with Gasteiger partial charge < -0.3 is 20.5 Å². The van der Waals surface area contributed by atoms with Crippen LogP contribution in [0.15, 0.2) is 24.3 Å². The zero-order valence-electron chi connectivity index (χ0n) is 11.0. The second kappa shape index (κ2) is 7.13. The number of rotatable bonds is 7. The molecule has 20 heavy (non-hydrogen) atoms. The van der Waals surface area contributed by atoms with Crippen molar-refractivity contribution in [3.05, 3.63) is 29.8 Å². The fraction of sp³-hybridized carbons (Fsp3) is 0.308. The number of benzene rings is 1. The molecule has 0 atom stereocenters. The van der Waals surface area contributed by atoms with E-state index in [1.807, 2.05) is 13.0 Å². The maximum atomic E-state index is 11.8. The maximum Gasteiger partial charge on any atom is 0.323 e. The van der Waals surface area contributed by atoms with E-state index >= 15 is 0 Å². The van der Waals surface area contributed by atoms with E-state index < -0.39 is 30.9 Å². The summed E-state index contributed by atoms with van der Waals surface area (Å²) in [4.78, 5) is 34.1. The Morgan fingerprint density at radius 1 is 1.30 bits per heavy atom. The van der Waals surface area contributed by atoms with Crippen LogP contribution < -0.4 is 10.5 Å². The maximum absolute atomic E-state index is 11.8. The number of hydrogen-bond donors (Lipinski definition) is 2. The van der Waals surface area contributed by atoms with Crippen LogP contribution in [0.1, 0.15) is 5.56 Å². The molecule has 1 aromatic rings. The van der Waals surface area contributed by atoms with Crippen molar-refractivity contribution in [2.24, 2.45) is 5.73 Å². The average Bonchev–Trinajstić information content (AvgIpc) is 2.34. The van der Waals surface area contributed by atoms with Gasteiger partial charge in [0.25, 0.3) is 5.91 Å². The predicted octanol–water partition coefficient (Wildman–Crippen LogP) is -0.228. The SMILES string of the molecule is Cc1cccc(OCC(=O)N(CC(N)=O)CC(=O)O)c1. The molecule has 0 aliphatic carbocycles. The molecule has 2 amide bonds. The molecule has 1 rings (SSSR count). The Balaban J connectivity index is 2.61. The molecule has 7 heteroatoms. The van der Waals surface area contributed by atoms with Gasteiger partial charge >= 0.3 is 5.97 Å². The number of carbonyl (C=O) groups excluding carboxylic acids is 2. The van der Waals surface area contributed by atoms with Gasteiger partial charge in [-0.2, -0.15) is 0 Å². The summed E-state index contributed by atoms with van der Waals surface area (Å²) in [6, 6.07) is 7.06. The van der Waals surface area contributed by atoms with Gasteiger partial charge in [-0.05, 0) is 24.6 Å². The first-order valence-corrected chi connectivity index (χ1v) is 5.86. The zero-order chi connectivity index (χ0) is 15.1. The Labute approximate surface area is 115 Å². The number of carboxylic acids is 1. The molecule has 0 bridgehead atoms. The fourth-order valence-electron chi connectivity index (χ4n) is 1.53. The monoisotopic (exact) mass is 280 g/mol. The van der Waals surface area contributed by atoms with Gasteiger partial charge in [0.1, 0.15) is 18.8 Å². The van der Waals surface area contributed by atoms with Gasteiger partial charge in [-0.1, -0.05) is 12.1 Å². The van der Waals surface area contributed by atoms with Gasteiger partial charge in [-0.15, -0.1) is 0 Å². The largest absolute Gasteiger partial charge is 0.484 e. The number of ether oxygens (including phenoxy) is 1. The van der Waals surface area contributed by atoms with E-state index in [1.54, 1.807) is 18.2 Å². The number of amides is 2. The van der Waals surface area contributed by atoms with Crippen LogP contribution in [0, 0.1) is 6.92 Å². The summed E-state index contributed by atoms with van der Waals surface area (Å²) in [7, 11) is 0. The molecule has 1 aromatic carbocycles. The Morgan fingerprint density at radius 3 is 2.55 bits per heavy atom. The van der Waals surface area contributed by atoms with Crippen LogP contribution >= 0.6 is 0 Å². The van der Waals surface area contributed by atoms with Crippen molar-refractivity contribution in [1.29, 1.82) is 0 Å². The van der Waals surface area contributed by atoms with Crippen LogP contribution in [-0.4, -0.2) is 47.5 Å². The number of carboxylic acid groups (broad SMARTS) is 1. The summed E-state index contributed by atoms with van der Waals surface area (Å²) in [5.41, 5.74) is 5.93. The number of nitrogens with zero attached hydrogens (tertiary/aromatic N) is 1. The highest BCUT2D eigenvalue weighted by Gasteiger charge is 2.19. The van der Waals surface area contributed by atoms with Gasteiger partial charge in [-0.25, -0.2) is 0 Å². The van der Waals surface area contributed by atoms with E-state index in [9.17, 15) is 14.4 Å². The van der Waals surface area contributed by atoms with Gasteiger partial charge in [0.05, 0.1) is 0 Å². The Hall–Kier alpha value is -2.57. The summed E-state index contributed by atoms with van der Waals surface area (Å²) in [6.45, 7) is 0.462. The van der Waals surface area contributed by atoms with Crippen LogP contribution in [0.2, 0.25) is 0 Å². The third-order valence-electron chi connectivity index (χ3n) is 2.38. The highest BCUT2D eigenvalue weighted by Crippen LogP contribution is 2.12. The molecule has 0 spiro atoms. The number of carbonyl (C=O) groups is 3. The number of nitrogens with two attached hydrogens (primary N) is 1. The van der Waals surface area contributed by atoms with E-state index in [4.69, 9.17) is 15.6 Å². The highest BCUT2D eigenvalue weighted by atomic mass is 16.5. The Morgan fingerprint density at radius 2 is 2.00 bits per heavy atom. The van der Waals surface area contributed by atoms with Crippen LogP contribution in [0.25, 0.3) is 0 Å². The van der Waals surface area contributed by atoms with E-state index in [-0.39, 0.29) is 6.61 Å². The summed E-state index contributed by atoms with van der Waals surface area (Å²) in [6.07, 6.45) is 0. The second-order valence-corrected chi connectivity index (χ2v) is 4.22. The summed E-state index contributed by atoms with van der Waals surface area (Å²) < 4.78 is 5.26. The molecule has 0 unspecified atom stereocenters. The fourth-order valence-corrected chi connectivity index (χ4v) is 1.53. The predicted molar refractivity (Wildman–Crippen MR) is 70.1 cm³/mol. The van der Waals surface area contributed by atoms with Gasteiger partial charge in [0.2, 0.25) is 5.91 Å². The second-order valence-electron chi connectivity index (χ2n) is 4.22. The molecule has 7 nitrogen and oxygen atoms in total. The van der Waals surface area contributed by atoms with Gasteiger partial charge in [0, 0.05) is 0 Å². The highest BCUT2D eigenvalue weighted by molar-refractivity contribution is 5.87. The lowest BCUT2D eigenvalue weighted by atomic mass is 10.2. The van der Waals surface area contributed by atoms with E-state index in [1.165, 1.54) is 0 Å². The minimum Gasteiger partial charge on any atom is -0.484 e. The van der Waals surface area contributed by atoms with E-state index in [0.717, 1.165) is 10.5 Å². The van der Waals surface area contributed by atoms with Gasteiger partial charge in [0.15, 0.2) is 6.61 Å². The number of primary amides is 1. The van der Waals surface area contributed by atoms with Gasteiger partial charge in [-0.3, -0.25) is 14.4 Å². The molecule has 108 valence electrons. The first-order chi connectivity index (χ1) is 9.38. The van der Waals surface area contributed by atoms with Crippen molar-refractivity contribution in [2.45, 2.75) is 6.92 Å². The van der Waals surface area contributed by atoms with Crippen molar-refractivity contribution in [3.8, 4) is 5.75 Å². The third kappa shape index (κ3) is 5.38. The summed E-state index contributed by atoms with van der Waals surface area (Å²) >= 11 is 0. The third-order valence-corrected chi connectivity index (χ3v) is 2.38. The molecular weight excluding hydrogens is 264 g/mol. The lowest BCUT2D eigenvalue weighted by Gasteiger charge is -2.19. The topological polar surface area (TPSA) is 110 Å². The van der Waals surface area contributed by atoms with Crippen molar-refractivity contribution in [3.63, 3.8) is 0 Å². The smallest absolute Gasteiger partial charge is 0.323 e. The molecule has 0 aromatic heterocycles. The molecule has 0 saturated heterocycles. The summed E-state index contributed by atoms with van der Waals surface area (Å²) in [5.74, 6) is -2.13. The lowest BCUT2D eigenvalue weighted by molar-refractivity contribution is -0.146. The molecule has 0 saturated carbocycles. The van der Waals surface area contributed by atoms with Crippen LogP contribution in [-0.2, 0) is 14.4 Å². The van der Waals surface area contributed by atoms with Crippen LogP contribution in [0.3, 0.4) is 0 Å². The van der Waals surface area contributed by atoms with E-state index in [0.29, 0.717) is 5.75 Å². The number of aliphatic carboxylic acids is 1. The quantitative estimate of drug-likeness (QED) is 0.717. The van der Waals surface area contributed by atoms with Crippen molar-refractivity contribution in [2.75, 3.05) is 19.7 Å². The van der Waals surface area contributed by atoms with E-state index in [2.05, 4.69) is 0 Å². The zero-order valence-corrected chi connectivity index (χ0v) is 11.0. The standard InChI is InChI=1S/C13H16N2O5/c1-9-3-2-4-10(5-9)20-8-12(17)15(6-11(14)16)7-13(18)19/h2-5H,6-8H2,1H3,(H2,14,16)(H,18,19). The molecule has 0 heterocycles. The molecule has 3 N–H and O–H groups in total. The molecule has 0 aliphatic rings. The van der Waals surface area contributed by atoms with Crippen LogP contribution in [0.5, 0.6) is 5.75 Å². The van der Waals surface area contributed by atoms with Crippen molar-refractivity contribution in [1.82, 2.24) is 4.90 Å². The molecule has 0 aliphatic heterocycles. The number of aryl methyl sites for hydroxylation is 1. The summed E-state index contributed by atoms with van der Waals surface area (Å²) in [5, 5.41) is 8.68. The minimum atomic E-state index is -1.23. The van der Waals surface area contributed by atoms with Crippen molar-refractivity contribution < 1.29 is 24.2 Å². The normalized spacial score (nSPS) is 9.85. The lowest BCUT2D eigenvalue weighted by Crippen LogP contribution is -2.43. The van der Waals surface area contributed by atoms with Crippen LogP contribution in [0.4, 0.5) is 0 Å². The molecular formula is C13H16N2O5. The Bertz CT molecular complexity index is 499. The first-order valence-electron chi connectivity index (χ1n) is 5.86. The number of hydrogen-bond acceptors (Lipinski definition) is 4. The minimum absolute atomic E-state index is 0.357. The molecule has 0 fully saturated rings. The first kappa shape index (κ1) is 15.5. The average molecular weight is 280 g/mol.